The lowest BCUT2D eigenvalue weighted by atomic mass is 10.1. The number of hydrogen-bond acceptors (Lipinski definition) is 3. The molecule has 1 atom stereocenters. The van der Waals surface area contributed by atoms with E-state index in [0.29, 0.717) is 26.4 Å². The van der Waals surface area contributed by atoms with E-state index in [0.717, 1.165) is 0 Å². The van der Waals surface area contributed by atoms with E-state index in [1.165, 1.54) is 31.3 Å². The first-order chi connectivity index (χ1) is 7.29. The van der Waals surface area contributed by atoms with Crippen LogP contribution in [0.2, 0.25) is 0 Å². The van der Waals surface area contributed by atoms with Crippen molar-refractivity contribution in [2.45, 2.75) is 38.2 Å². The van der Waals surface area contributed by atoms with Crippen LogP contribution in [0.5, 0.6) is 0 Å². The Kier molecular flexibility index (Phi) is 3.65. The Bertz CT molecular complexity index is 221. The molecule has 0 aromatic rings. The summed E-state index contributed by atoms with van der Waals surface area (Å²) in [6.45, 7) is 4.65. The number of rotatable bonds is 3. The number of allylic oxidation sites excluding steroid dienone is 1. The Morgan fingerprint density at radius 1 is 1.33 bits per heavy atom. The molecule has 0 aromatic heterocycles. The lowest BCUT2D eigenvalue weighted by molar-refractivity contribution is -0.166. The Labute approximate surface area is 91.4 Å². The Hall–Kier alpha value is -0.540. The highest BCUT2D eigenvalue weighted by atomic mass is 16.6. The largest absolute Gasteiger partial charge is 0.498 e. The van der Waals surface area contributed by atoms with E-state index >= 15 is 0 Å². The lowest BCUT2D eigenvalue weighted by Gasteiger charge is -2.32. The highest BCUT2D eigenvalue weighted by Crippen LogP contribution is 2.24. The lowest BCUT2D eigenvalue weighted by Crippen LogP contribution is -2.43. The Balaban J connectivity index is 1.74. The molecule has 2 aliphatic rings. The summed E-state index contributed by atoms with van der Waals surface area (Å²) in [7, 11) is 0. The molecule has 1 heterocycles. The minimum atomic E-state index is -0.256. The van der Waals surface area contributed by atoms with Crippen molar-refractivity contribution in [1.29, 1.82) is 0 Å². The molecule has 86 valence electrons. The summed E-state index contributed by atoms with van der Waals surface area (Å²) in [5.41, 5.74) is 1.18. The van der Waals surface area contributed by atoms with Crippen LogP contribution in [0.15, 0.2) is 11.8 Å². The molecule has 0 radical (unpaired) electrons. The van der Waals surface area contributed by atoms with Crippen LogP contribution in [0.4, 0.5) is 0 Å². The first-order valence-corrected chi connectivity index (χ1v) is 5.80. The number of ether oxygens (including phenoxy) is 3. The van der Waals surface area contributed by atoms with Gasteiger partial charge in [0.25, 0.3) is 0 Å². The predicted molar refractivity (Wildman–Crippen MR) is 57.7 cm³/mol. The summed E-state index contributed by atoms with van der Waals surface area (Å²) in [5.74, 6) is 0. The second kappa shape index (κ2) is 4.99. The van der Waals surface area contributed by atoms with Gasteiger partial charge in [-0.05, 0) is 38.2 Å². The highest BCUT2D eigenvalue weighted by Gasteiger charge is 2.29. The van der Waals surface area contributed by atoms with Crippen LogP contribution in [0.25, 0.3) is 0 Å². The van der Waals surface area contributed by atoms with Crippen molar-refractivity contribution in [2.75, 3.05) is 26.4 Å². The summed E-state index contributed by atoms with van der Waals surface area (Å²) in [5, 5.41) is 0. The molecule has 1 aliphatic heterocycles. The maximum absolute atomic E-state index is 5.65. The Morgan fingerprint density at radius 3 is 2.80 bits per heavy atom. The standard InChI is InChI=1S/C12H20O3/c1-12(9-13-6-7-15-12)10-14-8-11-4-2-3-5-11/h8H,2-7,9-10H2,1H3. The van der Waals surface area contributed by atoms with Gasteiger partial charge in [-0.25, -0.2) is 0 Å². The van der Waals surface area contributed by atoms with Crippen LogP contribution in [0.1, 0.15) is 32.6 Å². The van der Waals surface area contributed by atoms with Gasteiger partial charge in [0, 0.05) is 0 Å². The molecule has 0 spiro atoms. The summed E-state index contributed by atoms with van der Waals surface area (Å²) in [6.07, 6.45) is 6.95. The van der Waals surface area contributed by atoms with Gasteiger partial charge < -0.3 is 14.2 Å². The molecule has 0 N–H and O–H groups in total. The zero-order valence-electron chi connectivity index (χ0n) is 9.46. The van der Waals surface area contributed by atoms with E-state index in [4.69, 9.17) is 14.2 Å². The summed E-state index contributed by atoms with van der Waals surface area (Å²) >= 11 is 0. The molecule has 2 fully saturated rings. The zero-order valence-corrected chi connectivity index (χ0v) is 9.46. The smallest absolute Gasteiger partial charge is 0.122 e. The second-order valence-electron chi connectivity index (χ2n) is 4.65. The zero-order chi connectivity index (χ0) is 10.6. The van der Waals surface area contributed by atoms with E-state index in [9.17, 15) is 0 Å². The maximum atomic E-state index is 5.65. The van der Waals surface area contributed by atoms with E-state index in [-0.39, 0.29) is 5.60 Å². The van der Waals surface area contributed by atoms with Gasteiger partial charge in [0.2, 0.25) is 0 Å². The van der Waals surface area contributed by atoms with Crippen molar-refractivity contribution in [3.63, 3.8) is 0 Å². The van der Waals surface area contributed by atoms with Crippen molar-refractivity contribution >= 4 is 0 Å². The fraction of sp³-hybridized carbons (Fsp3) is 0.833. The van der Waals surface area contributed by atoms with Gasteiger partial charge in [0.05, 0.1) is 26.1 Å². The van der Waals surface area contributed by atoms with Crippen molar-refractivity contribution in [1.82, 2.24) is 0 Å². The molecule has 1 unspecified atom stereocenters. The first kappa shape index (κ1) is 11.0. The van der Waals surface area contributed by atoms with Gasteiger partial charge in [-0.2, -0.15) is 0 Å². The molecule has 3 nitrogen and oxygen atoms in total. The predicted octanol–water partition coefficient (Wildman–Crippen LogP) is 2.27. The topological polar surface area (TPSA) is 27.7 Å². The molecule has 0 bridgehead atoms. The summed E-state index contributed by atoms with van der Waals surface area (Å²) < 4.78 is 16.6. The van der Waals surface area contributed by atoms with Crippen molar-refractivity contribution in [3.8, 4) is 0 Å². The molecular formula is C12H20O3. The van der Waals surface area contributed by atoms with Crippen LogP contribution in [0, 0.1) is 0 Å². The molecule has 3 heteroatoms. The van der Waals surface area contributed by atoms with Gasteiger partial charge in [0.1, 0.15) is 12.2 Å². The third kappa shape index (κ3) is 3.21. The van der Waals surface area contributed by atoms with Crippen molar-refractivity contribution in [2.24, 2.45) is 0 Å². The second-order valence-corrected chi connectivity index (χ2v) is 4.65. The summed E-state index contributed by atoms with van der Waals surface area (Å²) in [6, 6.07) is 0. The third-order valence-electron chi connectivity index (χ3n) is 2.97. The van der Waals surface area contributed by atoms with Crippen LogP contribution >= 0.6 is 0 Å². The third-order valence-corrected chi connectivity index (χ3v) is 2.97. The average Bonchev–Trinajstić information content (AvgIpc) is 2.71. The SMILES string of the molecule is CC1(COC=C2CCCC2)COCCO1. The summed E-state index contributed by atoms with van der Waals surface area (Å²) in [4.78, 5) is 0. The molecule has 2 rings (SSSR count). The van der Waals surface area contributed by atoms with Gasteiger partial charge in [-0.15, -0.1) is 0 Å². The normalized spacial score (nSPS) is 31.7. The molecule has 0 amide bonds. The minimum Gasteiger partial charge on any atom is -0.498 e. The van der Waals surface area contributed by atoms with E-state index in [1.54, 1.807) is 0 Å². The van der Waals surface area contributed by atoms with Crippen LogP contribution in [-0.2, 0) is 14.2 Å². The van der Waals surface area contributed by atoms with Crippen molar-refractivity contribution in [3.05, 3.63) is 11.8 Å². The number of hydrogen-bond donors (Lipinski definition) is 0. The first-order valence-electron chi connectivity index (χ1n) is 5.80. The molecule has 0 aromatic carbocycles. The van der Waals surface area contributed by atoms with Crippen molar-refractivity contribution < 1.29 is 14.2 Å². The van der Waals surface area contributed by atoms with Gasteiger partial charge in [0.15, 0.2) is 0 Å². The molecule has 1 aliphatic carbocycles. The average molecular weight is 212 g/mol. The van der Waals surface area contributed by atoms with E-state index < -0.39 is 0 Å². The highest BCUT2D eigenvalue weighted by molar-refractivity contribution is 5.02. The van der Waals surface area contributed by atoms with Crippen LogP contribution in [-0.4, -0.2) is 32.0 Å². The molecule has 1 saturated carbocycles. The minimum absolute atomic E-state index is 0.256. The van der Waals surface area contributed by atoms with Crippen LogP contribution < -0.4 is 0 Å². The monoisotopic (exact) mass is 212 g/mol. The molecule has 15 heavy (non-hydrogen) atoms. The Morgan fingerprint density at radius 2 is 2.13 bits per heavy atom. The molecular weight excluding hydrogens is 192 g/mol. The van der Waals surface area contributed by atoms with Gasteiger partial charge >= 0.3 is 0 Å². The quantitative estimate of drug-likeness (QED) is 0.672. The molecule has 1 saturated heterocycles. The fourth-order valence-electron chi connectivity index (χ4n) is 2.04. The van der Waals surface area contributed by atoms with E-state index in [1.807, 2.05) is 13.2 Å². The van der Waals surface area contributed by atoms with Gasteiger partial charge in [-0.3, -0.25) is 0 Å². The van der Waals surface area contributed by atoms with E-state index in [2.05, 4.69) is 0 Å². The van der Waals surface area contributed by atoms with Gasteiger partial charge in [-0.1, -0.05) is 0 Å². The maximum Gasteiger partial charge on any atom is 0.122 e. The van der Waals surface area contributed by atoms with Crippen LogP contribution in [0.3, 0.4) is 0 Å². The fourth-order valence-corrected chi connectivity index (χ4v) is 2.04.